The molecular weight excluding hydrogens is 424 g/mol. The molecule has 32 heavy (non-hydrogen) atoms. The fourth-order valence-corrected chi connectivity index (χ4v) is 4.01. The fraction of sp³-hybridized carbons (Fsp3) is 0.364. The van der Waals surface area contributed by atoms with Crippen LogP contribution in [0.3, 0.4) is 0 Å². The van der Waals surface area contributed by atoms with Gasteiger partial charge < -0.3 is 39.7 Å². The van der Waals surface area contributed by atoms with E-state index in [0.29, 0.717) is 0 Å². The van der Waals surface area contributed by atoms with Crippen molar-refractivity contribution in [1.82, 2.24) is 0 Å². The molecule has 0 unspecified atom stereocenters. The van der Waals surface area contributed by atoms with Gasteiger partial charge in [0.05, 0.1) is 31.5 Å². The lowest BCUT2D eigenvalue weighted by atomic mass is 9.82. The lowest BCUT2D eigenvalue weighted by Crippen LogP contribution is -2.60. The average molecular weight is 446 g/mol. The van der Waals surface area contributed by atoms with Gasteiger partial charge in [-0.1, -0.05) is 24.3 Å². The molecule has 5 N–H and O–H groups in total. The van der Waals surface area contributed by atoms with E-state index in [0.717, 1.165) is 0 Å². The molecule has 0 amide bonds. The number of ether oxygens (including phenoxy) is 3. The number of fused-ring (bicyclic) bond motifs is 2. The summed E-state index contributed by atoms with van der Waals surface area (Å²) in [7, 11) is 1.27. The first-order valence-electron chi connectivity index (χ1n) is 9.84. The highest BCUT2D eigenvalue weighted by molar-refractivity contribution is 6.29. The predicted molar refractivity (Wildman–Crippen MR) is 107 cm³/mol. The van der Waals surface area contributed by atoms with E-state index >= 15 is 0 Å². The van der Waals surface area contributed by atoms with E-state index in [2.05, 4.69) is 0 Å². The van der Waals surface area contributed by atoms with Crippen LogP contribution in [0.1, 0.15) is 37.4 Å². The molecule has 10 nitrogen and oxygen atoms in total. The molecule has 2 aromatic rings. The molecule has 0 bridgehead atoms. The Morgan fingerprint density at radius 2 is 1.59 bits per heavy atom. The molecule has 1 aliphatic heterocycles. The minimum atomic E-state index is -1.71. The predicted octanol–water partition coefficient (Wildman–Crippen LogP) is -0.858. The van der Waals surface area contributed by atoms with E-state index in [1.807, 2.05) is 0 Å². The second-order valence-electron chi connectivity index (χ2n) is 7.49. The Labute approximate surface area is 182 Å². The Bertz CT molecular complexity index is 1060. The van der Waals surface area contributed by atoms with Crippen LogP contribution in [0.15, 0.2) is 30.3 Å². The Morgan fingerprint density at radius 3 is 2.19 bits per heavy atom. The van der Waals surface area contributed by atoms with Gasteiger partial charge in [0.15, 0.2) is 11.6 Å². The van der Waals surface area contributed by atoms with Crippen LogP contribution in [0.25, 0.3) is 0 Å². The highest BCUT2D eigenvalue weighted by Crippen LogP contribution is 2.41. The van der Waals surface area contributed by atoms with Crippen LogP contribution in [-0.2, 0) is 11.3 Å². The third-order valence-corrected chi connectivity index (χ3v) is 5.69. The number of benzene rings is 2. The molecule has 1 fully saturated rings. The Kier molecular flexibility index (Phi) is 5.99. The molecule has 1 aliphatic carbocycles. The third kappa shape index (κ3) is 3.37. The van der Waals surface area contributed by atoms with Gasteiger partial charge in [0, 0.05) is 16.7 Å². The number of ketones is 2. The highest BCUT2D eigenvalue weighted by atomic mass is 16.7. The van der Waals surface area contributed by atoms with Crippen LogP contribution in [0.4, 0.5) is 0 Å². The van der Waals surface area contributed by atoms with Crippen molar-refractivity contribution in [2.75, 3.05) is 13.7 Å². The van der Waals surface area contributed by atoms with Gasteiger partial charge in [-0.2, -0.15) is 0 Å². The maximum absolute atomic E-state index is 13.1. The van der Waals surface area contributed by atoms with Crippen molar-refractivity contribution >= 4 is 11.6 Å². The second kappa shape index (κ2) is 8.58. The topological polar surface area (TPSA) is 163 Å². The molecule has 1 saturated heterocycles. The fourth-order valence-electron chi connectivity index (χ4n) is 4.01. The molecule has 0 radical (unpaired) electrons. The molecule has 0 aromatic heterocycles. The van der Waals surface area contributed by atoms with Crippen LogP contribution in [-0.4, -0.2) is 81.5 Å². The number of aliphatic hydroxyl groups excluding tert-OH is 5. The van der Waals surface area contributed by atoms with Gasteiger partial charge in [0.25, 0.3) is 0 Å². The summed E-state index contributed by atoms with van der Waals surface area (Å²) < 4.78 is 16.4. The SMILES string of the molecule is COc1c(CO)c(O[C@@H]2O[C@H](CO)[C@@H](O)[C@H](O)[C@H]2O)cc2c1C(=O)c1ccccc1C2=O. The Balaban J connectivity index is 1.81. The number of aliphatic hydroxyl groups is 5. The van der Waals surface area contributed by atoms with E-state index < -0.39 is 55.5 Å². The molecular formula is C22H22O10. The van der Waals surface area contributed by atoms with E-state index in [9.17, 15) is 35.1 Å². The first kappa shape index (κ1) is 22.3. The number of hydrogen-bond donors (Lipinski definition) is 5. The molecule has 4 rings (SSSR count). The van der Waals surface area contributed by atoms with Gasteiger partial charge in [-0.05, 0) is 6.07 Å². The van der Waals surface area contributed by atoms with E-state index in [-0.39, 0.29) is 39.3 Å². The van der Waals surface area contributed by atoms with Crippen LogP contribution in [0.2, 0.25) is 0 Å². The number of carbonyl (C=O) groups excluding carboxylic acids is 2. The van der Waals surface area contributed by atoms with Crippen molar-refractivity contribution in [3.63, 3.8) is 0 Å². The molecule has 2 aromatic carbocycles. The summed E-state index contributed by atoms with van der Waals surface area (Å²) in [6.45, 7) is -1.30. The van der Waals surface area contributed by atoms with Crippen LogP contribution in [0.5, 0.6) is 11.5 Å². The zero-order valence-electron chi connectivity index (χ0n) is 17.0. The standard InChI is InChI=1S/C22H22O10/c1-30-21-12(7-23)13(31-22-20(29)19(28)18(27)14(8-24)32-22)6-11-15(21)17(26)10-5-3-2-4-9(10)16(11)25/h2-6,14,18-20,22-24,27-29H,7-8H2,1H3/t14-,18-,19+,20-,22-/m1/s1. The molecule has 0 spiro atoms. The second-order valence-corrected chi connectivity index (χ2v) is 7.49. The van der Waals surface area contributed by atoms with Crippen molar-refractivity contribution in [1.29, 1.82) is 0 Å². The summed E-state index contributed by atoms with van der Waals surface area (Å²) in [6, 6.07) is 7.53. The first-order chi connectivity index (χ1) is 15.3. The van der Waals surface area contributed by atoms with E-state index in [1.165, 1.54) is 25.3 Å². The Hall–Kier alpha value is -2.86. The lowest BCUT2D eigenvalue weighted by Gasteiger charge is -2.39. The summed E-state index contributed by atoms with van der Waals surface area (Å²) in [5.41, 5.74) is 0.366. The molecule has 170 valence electrons. The van der Waals surface area contributed by atoms with E-state index in [1.54, 1.807) is 12.1 Å². The molecule has 10 heteroatoms. The van der Waals surface area contributed by atoms with Crippen LogP contribution >= 0.6 is 0 Å². The maximum atomic E-state index is 13.1. The number of rotatable bonds is 5. The molecule has 1 heterocycles. The van der Waals surface area contributed by atoms with Gasteiger partial charge in [0.1, 0.15) is 35.9 Å². The Morgan fingerprint density at radius 1 is 0.938 bits per heavy atom. The largest absolute Gasteiger partial charge is 0.495 e. The van der Waals surface area contributed by atoms with Gasteiger partial charge in [-0.3, -0.25) is 9.59 Å². The minimum absolute atomic E-state index is 0.0174. The summed E-state index contributed by atoms with van der Waals surface area (Å²) in [6.07, 6.45) is -7.75. The first-order valence-corrected chi connectivity index (χ1v) is 9.84. The zero-order chi connectivity index (χ0) is 23.2. The summed E-state index contributed by atoms with van der Waals surface area (Å²) in [5, 5.41) is 49.6. The minimum Gasteiger partial charge on any atom is -0.495 e. The molecule has 2 aliphatic rings. The molecule has 0 saturated carbocycles. The van der Waals surface area contributed by atoms with Crippen LogP contribution < -0.4 is 9.47 Å². The smallest absolute Gasteiger partial charge is 0.229 e. The van der Waals surface area contributed by atoms with Crippen molar-refractivity contribution in [2.45, 2.75) is 37.3 Å². The van der Waals surface area contributed by atoms with Gasteiger partial charge in [-0.15, -0.1) is 0 Å². The summed E-state index contributed by atoms with van der Waals surface area (Å²) >= 11 is 0. The zero-order valence-corrected chi connectivity index (χ0v) is 17.0. The number of carbonyl (C=O) groups is 2. The normalized spacial score (nSPS) is 27.0. The van der Waals surface area contributed by atoms with Gasteiger partial charge >= 0.3 is 0 Å². The highest BCUT2D eigenvalue weighted by Gasteiger charge is 2.45. The quantitative estimate of drug-likeness (QED) is 0.333. The van der Waals surface area contributed by atoms with Crippen molar-refractivity contribution in [3.8, 4) is 11.5 Å². The van der Waals surface area contributed by atoms with Crippen LogP contribution in [0, 0.1) is 0 Å². The lowest BCUT2D eigenvalue weighted by molar-refractivity contribution is -0.277. The monoisotopic (exact) mass is 446 g/mol. The number of methoxy groups -OCH3 is 1. The number of hydrogen-bond acceptors (Lipinski definition) is 10. The summed E-state index contributed by atoms with van der Waals surface area (Å²) in [4.78, 5) is 26.2. The average Bonchev–Trinajstić information content (AvgIpc) is 2.81. The van der Waals surface area contributed by atoms with E-state index in [4.69, 9.17) is 14.2 Å². The van der Waals surface area contributed by atoms with Gasteiger partial charge in [0.2, 0.25) is 6.29 Å². The van der Waals surface area contributed by atoms with Crippen molar-refractivity contribution < 1.29 is 49.3 Å². The maximum Gasteiger partial charge on any atom is 0.229 e. The van der Waals surface area contributed by atoms with Gasteiger partial charge in [-0.25, -0.2) is 0 Å². The summed E-state index contributed by atoms with van der Waals surface area (Å²) in [5.74, 6) is -1.12. The third-order valence-electron chi connectivity index (χ3n) is 5.69. The van der Waals surface area contributed by atoms with Crippen molar-refractivity contribution in [3.05, 3.63) is 58.1 Å². The van der Waals surface area contributed by atoms with Crippen molar-refractivity contribution in [2.24, 2.45) is 0 Å². The molecule has 5 atom stereocenters.